The minimum absolute atomic E-state index is 0.0288. The molecule has 4 unspecified atom stereocenters. The van der Waals surface area contributed by atoms with Gasteiger partial charge in [-0.3, -0.25) is 14.4 Å². The van der Waals surface area contributed by atoms with Crippen LogP contribution in [0.15, 0.2) is 96.5 Å². The summed E-state index contributed by atoms with van der Waals surface area (Å²) >= 11 is 1.59. The van der Waals surface area contributed by atoms with Gasteiger partial charge in [0, 0.05) is 43.4 Å². The number of aromatic hydroxyl groups is 2. The van der Waals surface area contributed by atoms with Crippen LogP contribution in [0.25, 0.3) is 32.6 Å². The van der Waals surface area contributed by atoms with Crippen molar-refractivity contribution in [1.29, 1.82) is 0 Å². The number of phenolic OH excluding ortho intramolecular Hbond substituents is 2. The molecule has 3 heterocycles. The number of amides is 3. The third-order valence-electron chi connectivity index (χ3n) is 13.8. The highest BCUT2D eigenvalue weighted by Crippen LogP contribution is 2.37. The van der Waals surface area contributed by atoms with Crippen LogP contribution in [0.3, 0.4) is 0 Å². The number of likely N-dealkylation sites (tertiary alicyclic amines) is 1. The zero-order chi connectivity index (χ0) is 50.8. The maximum Gasteiger partial charge on any atom is 0.246 e. The standard InChI is InChI=1S/C57H72N6O7S/c1-8-61(30-31-70-47-26-15-40(16-27-47)34-62-49-28-25-45(65)32-48(49)37(2)52(62)42-21-23-44(64)24-22-42)29-13-11-9-10-12-14-51(67)60-54(57(5,6)7)56(69)63-35-46(66)33-50(63)55(68)59-38(3)41-17-19-43(20-18-41)53-39(4)58-36-71-53/h15-28,32,36,38,46,50,54,64-66H,8-14,29-31,33-35H2,1-7H3,(H,59,68)(H,60,67). The number of fused-ring (bicyclic) bond motifs is 1. The SMILES string of the molecule is CCN(CCCCCCCC(=O)NC(C(=O)N1CC(O)CC1C(=O)NC(C)c1ccc(-c2scnc2C)cc1)C(C)(C)C)CCOc1ccc(Cn2c(-c3ccc(O)cc3)c(C)c3cc(O)ccc32)cc1. The van der Waals surface area contributed by atoms with Gasteiger partial charge in [-0.05, 0) is 135 Å². The van der Waals surface area contributed by atoms with Crippen LogP contribution in [0, 0.1) is 19.3 Å². The molecule has 14 heteroatoms. The van der Waals surface area contributed by atoms with Crippen LogP contribution in [-0.4, -0.2) is 103 Å². The van der Waals surface area contributed by atoms with Crippen LogP contribution in [-0.2, 0) is 20.9 Å². The maximum atomic E-state index is 14.1. The summed E-state index contributed by atoms with van der Waals surface area (Å²) in [7, 11) is 0. The molecule has 0 bridgehead atoms. The molecule has 0 saturated carbocycles. The van der Waals surface area contributed by atoms with Crippen LogP contribution >= 0.6 is 11.3 Å². The number of likely N-dealkylation sites (N-methyl/N-ethyl adjacent to an activating group) is 1. The number of carbonyl (C=O) groups excluding carboxylic acids is 3. The first-order valence-corrected chi connectivity index (χ1v) is 26.0. The molecule has 3 amide bonds. The molecule has 1 aliphatic rings. The van der Waals surface area contributed by atoms with Gasteiger partial charge in [0.1, 0.15) is 35.9 Å². The van der Waals surface area contributed by atoms with Gasteiger partial charge in [0.05, 0.1) is 33.9 Å². The molecule has 6 aromatic rings. The number of hydrogen-bond acceptors (Lipinski definition) is 10. The highest BCUT2D eigenvalue weighted by atomic mass is 32.1. The number of nitrogens with zero attached hydrogens (tertiary/aromatic N) is 4. The summed E-state index contributed by atoms with van der Waals surface area (Å²) in [5, 5.41) is 37.9. The molecule has 1 fully saturated rings. The van der Waals surface area contributed by atoms with Crippen LogP contribution in [0.1, 0.15) is 108 Å². The molecule has 2 aromatic heterocycles. The highest BCUT2D eigenvalue weighted by molar-refractivity contribution is 7.13. The molecule has 5 N–H and O–H groups in total. The number of phenols is 2. The summed E-state index contributed by atoms with van der Waals surface area (Å²) in [6.07, 6.45) is 4.31. The van der Waals surface area contributed by atoms with E-state index >= 15 is 0 Å². The lowest BCUT2D eigenvalue weighted by Crippen LogP contribution is -2.57. The van der Waals surface area contributed by atoms with Gasteiger partial charge in [0.25, 0.3) is 0 Å². The van der Waals surface area contributed by atoms with Gasteiger partial charge in [0.15, 0.2) is 0 Å². The largest absolute Gasteiger partial charge is 0.508 e. The summed E-state index contributed by atoms with van der Waals surface area (Å²) < 4.78 is 8.44. The third-order valence-corrected chi connectivity index (χ3v) is 14.7. The molecule has 378 valence electrons. The summed E-state index contributed by atoms with van der Waals surface area (Å²) in [6, 6.07) is 26.9. The summed E-state index contributed by atoms with van der Waals surface area (Å²) in [5.41, 5.74) is 9.40. The molecule has 0 spiro atoms. The molecule has 0 radical (unpaired) electrons. The van der Waals surface area contributed by atoms with E-state index in [1.165, 1.54) is 4.90 Å². The number of nitrogens with one attached hydrogen (secondary N) is 2. The van der Waals surface area contributed by atoms with E-state index in [-0.39, 0.29) is 48.2 Å². The van der Waals surface area contributed by atoms with E-state index in [1.807, 2.05) is 94.7 Å². The van der Waals surface area contributed by atoms with Crippen molar-refractivity contribution in [1.82, 2.24) is 30.0 Å². The van der Waals surface area contributed by atoms with Gasteiger partial charge in [-0.2, -0.15) is 0 Å². The molecular formula is C57H72N6O7S. The van der Waals surface area contributed by atoms with E-state index < -0.39 is 23.6 Å². The Morgan fingerprint density at radius 2 is 1.54 bits per heavy atom. The number of thiazole rings is 1. The van der Waals surface area contributed by atoms with Crippen molar-refractivity contribution in [2.24, 2.45) is 5.41 Å². The molecular weight excluding hydrogens is 913 g/mol. The Labute approximate surface area is 422 Å². The Balaban J connectivity index is 0.810. The molecule has 4 aromatic carbocycles. The third kappa shape index (κ3) is 13.4. The Bertz CT molecular complexity index is 2730. The minimum atomic E-state index is -0.857. The smallest absolute Gasteiger partial charge is 0.246 e. The van der Waals surface area contributed by atoms with Gasteiger partial charge in [0.2, 0.25) is 17.7 Å². The number of β-amino-alcohol motifs (C(OH)–C–C–N with tert-alkyl or cyclic N) is 1. The molecule has 1 saturated heterocycles. The van der Waals surface area contributed by atoms with E-state index in [0.29, 0.717) is 26.0 Å². The van der Waals surface area contributed by atoms with Crippen molar-refractivity contribution < 1.29 is 34.4 Å². The van der Waals surface area contributed by atoms with E-state index in [0.717, 1.165) is 106 Å². The molecule has 13 nitrogen and oxygen atoms in total. The van der Waals surface area contributed by atoms with Crippen LogP contribution < -0.4 is 15.4 Å². The Hall–Kier alpha value is -6.22. The lowest BCUT2D eigenvalue weighted by Gasteiger charge is -2.35. The summed E-state index contributed by atoms with van der Waals surface area (Å²) in [6.45, 7) is 17.7. The second-order valence-corrected chi connectivity index (χ2v) is 21.0. The summed E-state index contributed by atoms with van der Waals surface area (Å²) in [5.74, 6) is 0.376. The zero-order valence-corrected chi connectivity index (χ0v) is 43.2. The van der Waals surface area contributed by atoms with Crippen LogP contribution in [0.2, 0.25) is 0 Å². The number of benzene rings is 4. The Morgan fingerprint density at radius 1 is 0.859 bits per heavy atom. The van der Waals surface area contributed by atoms with Crippen molar-refractivity contribution in [3.63, 3.8) is 0 Å². The lowest BCUT2D eigenvalue weighted by molar-refractivity contribution is -0.144. The number of aliphatic hydroxyl groups is 1. The Kier molecular flexibility index (Phi) is 17.6. The first-order chi connectivity index (χ1) is 34.0. The maximum absolute atomic E-state index is 14.1. The number of unbranched alkanes of at least 4 members (excludes halogenated alkanes) is 4. The highest BCUT2D eigenvalue weighted by Gasteiger charge is 2.44. The van der Waals surface area contributed by atoms with Crippen molar-refractivity contribution >= 4 is 40.0 Å². The quantitative estimate of drug-likeness (QED) is 0.0416. The predicted molar refractivity (Wildman–Crippen MR) is 283 cm³/mol. The number of rotatable bonds is 22. The van der Waals surface area contributed by atoms with Crippen molar-refractivity contribution in [3.05, 3.63) is 119 Å². The number of carbonyl (C=O) groups is 3. The fourth-order valence-electron chi connectivity index (χ4n) is 9.66. The van der Waals surface area contributed by atoms with Gasteiger partial charge in [-0.1, -0.05) is 83.4 Å². The number of aliphatic hydroxyl groups excluding tert-OH is 1. The lowest BCUT2D eigenvalue weighted by atomic mass is 9.85. The van der Waals surface area contributed by atoms with Crippen molar-refractivity contribution in [2.75, 3.05) is 32.8 Å². The van der Waals surface area contributed by atoms with Gasteiger partial charge >= 0.3 is 0 Å². The van der Waals surface area contributed by atoms with E-state index in [1.54, 1.807) is 35.6 Å². The van der Waals surface area contributed by atoms with Crippen LogP contribution in [0.5, 0.6) is 17.2 Å². The number of aryl methyl sites for hydroxylation is 2. The zero-order valence-electron chi connectivity index (χ0n) is 42.4. The Morgan fingerprint density at radius 3 is 2.21 bits per heavy atom. The first kappa shape index (κ1) is 52.6. The number of aromatic nitrogens is 2. The van der Waals surface area contributed by atoms with Gasteiger partial charge in [-0.15, -0.1) is 11.3 Å². The van der Waals surface area contributed by atoms with Crippen LogP contribution in [0.4, 0.5) is 0 Å². The summed E-state index contributed by atoms with van der Waals surface area (Å²) in [4.78, 5) is 50.4. The molecule has 1 aliphatic heterocycles. The monoisotopic (exact) mass is 985 g/mol. The topological polar surface area (TPSA) is 169 Å². The second kappa shape index (κ2) is 23.8. The molecule has 7 rings (SSSR count). The van der Waals surface area contributed by atoms with Gasteiger partial charge < -0.3 is 45.1 Å². The molecule has 0 aliphatic carbocycles. The fourth-order valence-corrected chi connectivity index (χ4v) is 10.5. The number of ether oxygens (including phenoxy) is 1. The molecule has 71 heavy (non-hydrogen) atoms. The average molecular weight is 985 g/mol. The van der Waals surface area contributed by atoms with E-state index in [4.69, 9.17) is 4.74 Å². The number of hydrogen-bond donors (Lipinski definition) is 5. The molecule has 4 atom stereocenters. The first-order valence-electron chi connectivity index (χ1n) is 25.1. The second-order valence-electron chi connectivity index (χ2n) is 20.1. The van der Waals surface area contributed by atoms with Crippen molar-refractivity contribution in [2.45, 2.75) is 124 Å². The van der Waals surface area contributed by atoms with E-state index in [2.05, 4.69) is 51.1 Å². The fraction of sp³-hybridized carbons (Fsp3) is 0.439. The van der Waals surface area contributed by atoms with Gasteiger partial charge in [-0.25, -0.2) is 4.98 Å². The normalized spacial score (nSPS) is 15.8. The average Bonchev–Trinajstić information content (AvgIpc) is 4.04. The van der Waals surface area contributed by atoms with E-state index in [9.17, 15) is 29.7 Å². The predicted octanol–water partition coefficient (Wildman–Crippen LogP) is 9.92. The minimum Gasteiger partial charge on any atom is -0.508 e. The van der Waals surface area contributed by atoms with Crippen molar-refractivity contribution in [3.8, 4) is 38.9 Å².